The molecule has 0 amide bonds. The van der Waals surface area contributed by atoms with Crippen LogP contribution in [-0.4, -0.2) is 10.2 Å². The molecule has 0 aliphatic heterocycles. The summed E-state index contributed by atoms with van der Waals surface area (Å²) in [6, 6.07) is 0. The zero-order valence-corrected chi connectivity index (χ0v) is 6.87. The van der Waals surface area contributed by atoms with E-state index >= 15 is 0 Å². The number of hydrogen-bond acceptors (Lipinski definition) is 1. The van der Waals surface area contributed by atoms with E-state index in [2.05, 4.69) is 16.4 Å². The molecule has 0 saturated heterocycles. The summed E-state index contributed by atoms with van der Waals surface area (Å²) in [5, 5.41) is 6.20. The molecule has 0 atom stereocenters. The van der Waals surface area contributed by atoms with Gasteiger partial charge < -0.3 is 10.2 Å². The van der Waals surface area contributed by atoms with Gasteiger partial charge in [0, 0.05) is 0 Å². The third-order valence-electron chi connectivity index (χ3n) is 0.578. The number of rotatable bonds is 0. The molecular formula is C4H5N2W+. The van der Waals surface area contributed by atoms with Crippen LogP contribution in [0.3, 0.4) is 0 Å². The van der Waals surface area contributed by atoms with Gasteiger partial charge in [-0.1, -0.05) is 6.92 Å². The number of aromatic nitrogens is 2. The van der Waals surface area contributed by atoms with E-state index in [1.165, 1.54) is 0 Å². The van der Waals surface area contributed by atoms with Gasteiger partial charge >= 0.3 is 21.1 Å². The Morgan fingerprint density at radius 1 is 1.86 bits per heavy atom. The first-order valence-corrected chi connectivity index (χ1v) is 1.77. The zero-order chi connectivity index (χ0) is 4.41. The van der Waals surface area contributed by atoms with E-state index < -0.39 is 0 Å². The Balaban J connectivity index is 0.000000360. The van der Waals surface area contributed by atoms with Gasteiger partial charge in [0.05, 0.1) is 0 Å². The minimum atomic E-state index is 0. The minimum Gasteiger partial charge on any atom is -0.382 e. The van der Waals surface area contributed by atoms with Crippen LogP contribution in [0.4, 0.5) is 0 Å². The largest absolute Gasteiger partial charge is 2.00 e. The van der Waals surface area contributed by atoms with Gasteiger partial charge in [0.25, 0.3) is 0 Å². The fourth-order valence-electron chi connectivity index (χ4n) is 0.282. The van der Waals surface area contributed by atoms with Gasteiger partial charge in [-0.3, -0.25) is 0 Å². The van der Waals surface area contributed by atoms with E-state index in [1.54, 1.807) is 6.20 Å². The molecule has 0 aromatic carbocycles. The fraction of sp³-hybridized carbons (Fsp3) is 0.250. The van der Waals surface area contributed by atoms with E-state index in [-0.39, 0.29) is 21.1 Å². The third-order valence-corrected chi connectivity index (χ3v) is 0.578. The number of hydrogen-bond donors (Lipinski definition) is 1. The van der Waals surface area contributed by atoms with Gasteiger partial charge in [-0.2, -0.15) is 5.56 Å². The molecule has 1 aromatic heterocycles. The maximum absolute atomic E-state index is 3.57. The van der Waals surface area contributed by atoms with Gasteiger partial charge in [0.1, 0.15) is 0 Å². The Labute approximate surface area is 56.6 Å². The van der Waals surface area contributed by atoms with E-state index in [0.29, 0.717) is 0 Å². The Kier molecular flexibility index (Phi) is 2.93. The predicted octanol–water partition coefficient (Wildman–Crippen LogP) is 0.516. The van der Waals surface area contributed by atoms with Crippen LogP contribution < -0.4 is 0 Å². The molecule has 0 fully saturated rings. The van der Waals surface area contributed by atoms with Crippen LogP contribution in [0.1, 0.15) is 5.56 Å². The van der Waals surface area contributed by atoms with Crippen molar-refractivity contribution in [3.63, 3.8) is 0 Å². The molecular weight excluding hydrogens is 260 g/mol. The van der Waals surface area contributed by atoms with Gasteiger partial charge in [0.2, 0.25) is 0 Å². The molecule has 0 aliphatic rings. The average molecular weight is 265 g/mol. The molecule has 1 N–H and O–H groups in total. The van der Waals surface area contributed by atoms with E-state index in [9.17, 15) is 0 Å². The van der Waals surface area contributed by atoms with Gasteiger partial charge in [-0.15, -0.1) is 12.4 Å². The monoisotopic (exact) mass is 265 g/mol. The SMILES string of the molecule is Cc1[c-]n[nH]c1.[W+2]. The molecule has 3 heteroatoms. The summed E-state index contributed by atoms with van der Waals surface area (Å²) in [6.07, 6.45) is 4.49. The summed E-state index contributed by atoms with van der Waals surface area (Å²) < 4.78 is 0. The summed E-state index contributed by atoms with van der Waals surface area (Å²) in [7, 11) is 0. The average Bonchev–Trinajstić information content (AvgIpc) is 1.86. The Morgan fingerprint density at radius 2 is 2.57 bits per heavy atom. The van der Waals surface area contributed by atoms with Crippen molar-refractivity contribution < 1.29 is 21.1 Å². The van der Waals surface area contributed by atoms with Crippen molar-refractivity contribution in [3.05, 3.63) is 18.0 Å². The number of nitrogens with zero attached hydrogens (tertiary/aromatic N) is 1. The van der Waals surface area contributed by atoms with Crippen molar-refractivity contribution in [3.8, 4) is 0 Å². The van der Waals surface area contributed by atoms with Gasteiger partial charge in [0.15, 0.2) is 0 Å². The molecule has 0 unspecified atom stereocenters. The standard InChI is InChI=1S/C4H5N2.W/c1-4-2-5-6-3-4;/h2H,1H3,(H,5,6);/q-1;+2. The Morgan fingerprint density at radius 3 is 2.71 bits per heavy atom. The molecule has 1 heterocycles. The quantitative estimate of drug-likeness (QED) is 0.680. The van der Waals surface area contributed by atoms with E-state index in [4.69, 9.17) is 0 Å². The number of nitrogens with one attached hydrogen (secondary N) is 1. The fourth-order valence-corrected chi connectivity index (χ4v) is 0.282. The number of aromatic amines is 1. The first-order valence-electron chi connectivity index (χ1n) is 1.77. The molecule has 1 aromatic rings. The smallest absolute Gasteiger partial charge is 0.382 e. The summed E-state index contributed by atoms with van der Waals surface area (Å²) in [4.78, 5) is 0. The van der Waals surface area contributed by atoms with Crippen molar-refractivity contribution in [2.75, 3.05) is 0 Å². The van der Waals surface area contributed by atoms with Crippen molar-refractivity contribution in [1.29, 1.82) is 0 Å². The summed E-state index contributed by atoms with van der Waals surface area (Å²) in [6.45, 7) is 1.93. The summed E-state index contributed by atoms with van der Waals surface area (Å²) in [5.41, 5.74) is 1.05. The molecule has 2 nitrogen and oxygen atoms in total. The second-order valence-electron chi connectivity index (χ2n) is 1.18. The van der Waals surface area contributed by atoms with Crippen LogP contribution in [0.25, 0.3) is 0 Å². The van der Waals surface area contributed by atoms with E-state index in [0.717, 1.165) is 5.56 Å². The molecule has 1 rings (SSSR count). The molecule has 0 bridgehead atoms. The van der Waals surface area contributed by atoms with Crippen molar-refractivity contribution in [1.82, 2.24) is 10.2 Å². The molecule has 0 radical (unpaired) electrons. The van der Waals surface area contributed by atoms with Gasteiger partial charge in [-0.25, -0.2) is 0 Å². The van der Waals surface area contributed by atoms with Crippen molar-refractivity contribution in [2.24, 2.45) is 0 Å². The van der Waals surface area contributed by atoms with E-state index in [1.807, 2.05) is 6.92 Å². The van der Waals surface area contributed by atoms with Gasteiger partial charge in [-0.05, 0) is 0 Å². The Hall–Kier alpha value is -0.102. The zero-order valence-electron chi connectivity index (χ0n) is 3.93. The van der Waals surface area contributed by atoms with Crippen LogP contribution in [0.15, 0.2) is 6.20 Å². The van der Waals surface area contributed by atoms with Crippen LogP contribution in [-0.2, 0) is 21.1 Å². The maximum Gasteiger partial charge on any atom is 2.00 e. The van der Waals surface area contributed by atoms with Crippen LogP contribution >= 0.6 is 0 Å². The third kappa shape index (κ3) is 1.88. The molecule has 0 aliphatic carbocycles. The summed E-state index contributed by atoms with van der Waals surface area (Å²) in [5.74, 6) is 0. The first kappa shape index (κ1) is 6.90. The predicted molar refractivity (Wildman–Crippen MR) is 22.2 cm³/mol. The normalized spacial score (nSPS) is 7.57. The molecule has 0 spiro atoms. The van der Waals surface area contributed by atoms with Crippen molar-refractivity contribution >= 4 is 0 Å². The van der Waals surface area contributed by atoms with Crippen LogP contribution in [0, 0.1) is 13.1 Å². The van der Waals surface area contributed by atoms with Crippen LogP contribution in [0.5, 0.6) is 0 Å². The molecule has 0 saturated carbocycles. The summed E-state index contributed by atoms with van der Waals surface area (Å²) >= 11 is 0. The van der Waals surface area contributed by atoms with Crippen molar-refractivity contribution in [2.45, 2.75) is 6.92 Å². The second-order valence-corrected chi connectivity index (χ2v) is 1.18. The second kappa shape index (κ2) is 2.97. The number of aryl methyl sites for hydroxylation is 1. The minimum absolute atomic E-state index is 0. The first-order chi connectivity index (χ1) is 2.89. The number of H-pyrrole nitrogens is 1. The molecule has 7 heavy (non-hydrogen) atoms. The van der Waals surface area contributed by atoms with Crippen LogP contribution in [0.2, 0.25) is 0 Å². The maximum atomic E-state index is 3.57. The molecule has 36 valence electrons. The topological polar surface area (TPSA) is 28.7 Å². The Bertz CT molecular complexity index is 113.